The van der Waals surface area contributed by atoms with Gasteiger partial charge in [0.05, 0.1) is 12.5 Å². The van der Waals surface area contributed by atoms with E-state index in [2.05, 4.69) is 15.9 Å². The fraction of sp³-hybridized carbons (Fsp3) is 0.300. The molecule has 3 nitrogen and oxygen atoms in total. The van der Waals surface area contributed by atoms with Crippen molar-refractivity contribution < 1.29 is 15.0 Å². The van der Waals surface area contributed by atoms with Crippen molar-refractivity contribution in [2.24, 2.45) is 0 Å². The molecule has 0 radical (unpaired) electrons. The van der Waals surface area contributed by atoms with Crippen LogP contribution in [0.3, 0.4) is 0 Å². The van der Waals surface area contributed by atoms with Gasteiger partial charge in [-0.3, -0.25) is 4.79 Å². The number of benzene rings is 1. The van der Waals surface area contributed by atoms with Crippen LogP contribution in [0.25, 0.3) is 0 Å². The van der Waals surface area contributed by atoms with Crippen molar-refractivity contribution in [3.05, 3.63) is 34.3 Å². The van der Waals surface area contributed by atoms with E-state index in [9.17, 15) is 9.90 Å². The highest BCUT2D eigenvalue weighted by Gasteiger charge is 2.09. The second-order valence-electron chi connectivity index (χ2n) is 3.09. The third-order valence-corrected chi connectivity index (χ3v) is 2.26. The molecule has 0 saturated heterocycles. The summed E-state index contributed by atoms with van der Waals surface area (Å²) in [5.41, 5.74) is 0.924. The molecule has 2 N–H and O–H groups in total. The van der Waals surface area contributed by atoms with Crippen molar-refractivity contribution in [1.29, 1.82) is 0 Å². The first kappa shape index (κ1) is 11.2. The van der Waals surface area contributed by atoms with Crippen LogP contribution in [0.15, 0.2) is 28.7 Å². The van der Waals surface area contributed by atoms with Gasteiger partial charge in [-0.05, 0) is 24.1 Å². The van der Waals surface area contributed by atoms with Crippen LogP contribution >= 0.6 is 15.9 Å². The van der Waals surface area contributed by atoms with Gasteiger partial charge in [0, 0.05) is 4.47 Å². The maximum atomic E-state index is 10.3. The minimum absolute atomic E-state index is 0.216. The molecule has 0 aliphatic carbocycles. The fourth-order valence-electron chi connectivity index (χ4n) is 1.21. The number of aliphatic hydroxyl groups is 1. The fourth-order valence-corrected chi connectivity index (χ4v) is 1.66. The Bertz CT molecular complexity index is 325. The van der Waals surface area contributed by atoms with Gasteiger partial charge in [0.1, 0.15) is 0 Å². The van der Waals surface area contributed by atoms with Crippen molar-refractivity contribution in [3.8, 4) is 0 Å². The SMILES string of the molecule is O=C(O)CC(O)Cc1cccc(Br)c1. The lowest BCUT2D eigenvalue weighted by Gasteiger charge is -2.07. The molecular weight excluding hydrogens is 248 g/mol. The second kappa shape index (κ2) is 5.12. The lowest BCUT2D eigenvalue weighted by atomic mass is 10.1. The van der Waals surface area contributed by atoms with E-state index in [-0.39, 0.29) is 6.42 Å². The van der Waals surface area contributed by atoms with Crippen LogP contribution in [0.4, 0.5) is 0 Å². The Balaban J connectivity index is 2.55. The Morgan fingerprint density at radius 2 is 2.21 bits per heavy atom. The Hall–Kier alpha value is -0.870. The molecule has 0 aromatic heterocycles. The zero-order valence-corrected chi connectivity index (χ0v) is 9.07. The topological polar surface area (TPSA) is 57.5 Å². The molecule has 0 aliphatic heterocycles. The molecule has 0 bridgehead atoms. The van der Waals surface area contributed by atoms with Crippen LogP contribution in [-0.2, 0) is 11.2 Å². The summed E-state index contributed by atoms with van der Waals surface area (Å²) in [4.78, 5) is 10.3. The third-order valence-electron chi connectivity index (χ3n) is 1.77. The number of aliphatic carboxylic acids is 1. The minimum Gasteiger partial charge on any atom is -0.481 e. The van der Waals surface area contributed by atoms with Gasteiger partial charge in [-0.1, -0.05) is 28.1 Å². The van der Waals surface area contributed by atoms with Crippen molar-refractivity contribution in [2.75, 3.05) is 0 Å². The Labute approximate surface area is 90.5 Å². The quantitative estimate of drug-likeness (QED) is 0.867. The van der Waals surface area contributed by atoms with E-state index in [1.807, 2.05) is 24.3 Å². The summed E-state index contributed by atoms with van der Waals surface area (Å²) >= 11 is 3.30. The van der Waals surface area contributed by atoms with Gasteiger partial charge in [-0.25, -0.2) is 0 Å². The van der Waals surface area contributed by atoms with Crippen LogP contribution in [0, 0.1) is 0 Å². The molecular formula is C10H11BrO3. The summed E-state index contributed by atoms with van der Waals surface area (Å²) < 4.78 is 0.928. The van der Waals surface area contributed by atoms with Gasteiger partial charge in [0.25, 0.3) is 0 Å². The first-order valence-corrected chi connectivity index (χ1v) is 5.01. The first-order chi connectivity index (χ1) is 6.58. The van der Waals surface area contributed by atoms with Gasteiger partial charge >= 0.3 is 5.97 Å². The first-order valence-electron chi connectivity index (χ1n) is 4.22. The van der Waals surface area contributed by atoms with E-state index < -0.39 is 12.1 Å². The zero-order chi connectivity index (χ0) is 10.6. The smallest absolute Gasteiger partial charge is 0.305 e. The summed E-state index contributed by atoms with van der Waals surface area (Å²) in [5, 5.41) is 17.8. The summed E-state index contributed by atoms with van der Waals surface area (Å²) in [6.07, 6.45) is -0.667. The van der Waals surface area contributed by atoms with Crippen LogP contribution in [0.1, 0.15) is 12.0 Å². The van der Waals surface area contributed by atoms with Crippen molar-refractivity contribution in [3.63, 3.8) is 0 Å². The number of aliphatic hydroxyl groups excluding tert-OH is 1. The Morgan fingerprint density at radius 3 is 2.79 bits per heavy atom. The highest BCUT2D eigenvalue weighted by molar-refractivity contribution is 9.10. The maximum absolute atomic E-state index is 10.3. The van der Waals surface area contributed by atoms with Crippen LogP contribution < -0.4 is 0 Å². The lowest BCUT2D eigenvalue weighted by molar-refractivity contribution is -0.139. The maximum Gasteiger partial charge on any atom is 0.305 e. The van der Waals surface area contributed by atoms with Gasteiger partial charge < -0.3 is 10.2 Å². The average molecular weight is 259 g/mol. The molecule has 0 amide bonds. The molecule has 14 heavy (non-hydrogen) atoms. The van der Waals surface area contributed by atoms with Crippen LogP contribution in [0.2, 0.25) is 0 Å². The second-order valence-corrected chi connectivity index (χ2v) is 4.00. The number of hydrogen-bond acceptors (Lipinski definition) is 2. The van der Waals surface area contributed by atoms with E-state index in [1.165, 1.54) is 0 Å². The third kappa shape index (κ3) is 3.89. The largest absolute Gasteiger partial charge is 0.481 e. The number of rotatable bonds is 4. The normalized spacial score (nSPS) is 12.4. The molecule has 76 valence electrons. The highest BCUT2D eigenvalue weighted by atomic mass is 79.9. The van der Waals surface area contributed by atoms with E-state index in [0.29, 0.717) is 6.42 Å². The molecule has 0 spiro atoms. The molecule has 1 aromatic carbocycles. The average Bonchev–Trinajstić information content (AvgIpc) is 2.01. The predicted octanol–water partition coefficient (Wildman–Crippen LogP) is 1.83. The van der Waals surface area contributed by atoms with Gasteiger partial charge in [-0.2, -0.15) is 0 Å². The number of halogens is 1. The number of hydrogen-bond donors (Lipinski definition) is 2. The molecule has 4 heteroatoms. The molecule has 1 atom stereocenters. The van der Waals surface area contributed by atoms with E-state index in [0.717, 1.165) is 10.0 Å². The summed E-state index contributed by atoms with van der Waals surface area (Å²) in [5.74, 6) is -0.979. The highest BCUT2D eigenvalue weighted by Crippen LogP contribution is 2.13. The monoisotopic (exact) mass is 258 g/mol. The van der Waals surface area contributed by atoms with Gasteiger partial charge in [-0.15, -0.1) is 0 Å². The lowest BCUT2D eigenvalue weighted by Crippen LogP contribution is -2.15. The summed E-state index contributed by atoms with van der Waals surface area (Å²) in [6.45, 7) is 0. The van der Waals surface area contributed by atoms with Crippen molar-refractivity contribution in [1.82, 2.24) is 0 Å². The molecule has 0 heterocycles. The minimum atomic E-state index is -0.979. The zero-order valence-electron chi connectivity index (χ0n) is 7.48. The van der Waals surface area contributed by atoms with Crippen molar-refractivity contribution >= 4 is 21.9 Å². The van der Waals surface area contributed by atoms with Crippen LogP contribution in [0.5, 0.6) is 0 Å². The van der Waals surface area contributed by atoms with E-state index >= 15 is 0 Å². The molecule has 0 saturated carbocycles. The van der Waals surface area contributed by atoms with Gasteiger partial charge in [0.2, 0.25) is 0 Å². The van der Waals surface area contributed by atoms with Crippen LogP contribution in [-0.4, -0.2) is 22.3 Å². The number of carboxylic acids is 1. The standard InChI is InChI=1S/C10H11BrO3/c11-8-3-1-2-7(4-8)5-9(12)6-10(13)14/h1-4,9,12H,5-6H2,(H,13,14). The molecule has 0 fully saturated rings. The Kier molecular flexibility index (Phi) is 4.10. The predicted molar refractivity (Wildman–Crippen MR) is 56.1 cm³/mol. The Morgan fingerprint density at radius 1 is 1.50 bits per heavy atom. The number of carboxylic acid groups (broad SMARTS) is 1. The molecule has 1 rings (SSSR count). The summed E-state index contributed by atoms with van der Waals surface area (Å²) in [6, 6.07) is 7.46. The number of carbonyl (C=O) groups is 1. The molecule has 1 aromatic rings. The van der Waals surface area contributed by atoms with E-state index in [4.69, 9.17) is 5.11 Å². The van der Waals surface area contributed by atoms with E-state index in [1.54, 1.807) is 0 Å². The van der Waals surface area contributed by atoms with Gasteiger partial charge in [0.15, 0.2) is 0 Å². The molecule has 1 unspecified atom stereocenters. The van der Waals surface area contributed by atoms with Crippen molar-refractivity contribution in [2.45, 2.75) is 18.9 Å². The molecule has 0 aliphatic rings. The summed E-state index contributed by atoms with van der Waals surface area (Å²) in [7, 11) is 0.